The van der Waals surface area contributed by atoms with Crippen LogP contribution in [0.5, 0.6) is 17.2 Å². The largest absolute Gasteiger partial charge is 0.495 e. The van der Waals surface area contributed by atoms with Crippen molar-refractivity contribution in [3.8, 4) is 17.2 Å². The molecule has 2 aliphatic rings. The van der Waals surface area contributed by atoms with Crippen LogP contribution in [0.4, 0.5) is 11.4 Å². The Balaban J connectivity index is 1.25. The van der Waals surface area contributed by atoms with Crippen molar-refractivity contribution in [1.29, 1.82) is 0 Å². The molecule has 2 aliphatic heterocycles. The Hall–Kier alpha value is -4.51. The summed E-state index contributed by atoms with van der Waals surface area (Å²) in [4.78, 5) is 21.9. The zero-order valence-corrected chi connectivity index (χ0v) is 22.7. The van der Waals surface area contributed by atoms with E-state index < -0.39 is 10.0 Å². The van der Waals surface area contributed by atoms with Gasteiger partial charge in [-0.3, -0.25) is 14.5 Å². The Morgan fingerprint density at radius 1 is 0.900 bits per heavy atom. The minimum atomic E-state index is -4.02. The number of nitrogens with zero attached hydrogens (tertiary/aromatic N) is 3. The summed E-state index contributed by atoms with van der Waals surface area (Å²) in [6, 6.07) is 19.5. The minimum absolute atomic E-state index is 0.0455. The number of piperazine rings is 1. The summed E-state index contributed by atoms with van der Waals surface area (Å²) in [7, 11) is -2.38. The van der Waals surface area contributed by atoms with Gasteiger partial charge in [0.05, 0.1) is 29.6 Å². The number of amides is 1. The lowest BCUT2D eigenvalue weighted by Crippen LogP contribution is -2.49. The van der Waals surface area contributed by atoms with Gasteiger partial charge in [0.1, 0.15) is 23.9 Å². The van der Waals surface area contributed by atoms with Crippen LogP contribution >= 0.6 is 0 Å². The van der Waals surface area contributed by atoms with Crippen LogP contribution in [0.25, 0.3) is 10.9 Å². The number of pyridine rings is 1. The lowest BCUT2D eigenvalue weighted by Gasteiger charge is -2.37. The Bertz CT molecular complexity index is 1680. The van der Waals surface area contributed by atoms with Crippen molar-refractivity contribution in [3.63, 3.8) is 0 Å². The number of anilines is 2. The fourth-order valence-corrected chi connectivity index (χ4v) is 6.33. The Morgan fingerprint density at radius 3 is 2.45 bits per heavy atom. The Kier molecular flexibility index (Phi) is 6.81. The first-order chi connectivity index (χ1) is 19.5. The van der Waals surface area contributed by atoms with E-state index in [0.29, 0.717) is 42.6 Å². The number of methoxy groups -OCH3 is 1. The highest BCUT2D eigenvalue weighted by atomic mass is 32.2. The molecule has 1 saturated heterocycles. The van der Waals surface area contributed by atoms with Crippen LogP contribution in [0.15, 0.2) is 77.8 Å². The van der Waals surface area contributed by atoms with Crippen molar-refractivity contribution in [2.45, 2.75) is 4.90 Å². The standard InChI is InChI=1S/C29H28N4O6S/c1-37-24-9-3-2-8-23(24)32-14-16-33(17-15-32)29(34)21-11-12-22(28-27(21)38-18-19-39-28)31-40(35,36)25-10-4-6-20-7-5-13-30-26(20)25/h2-13,31H,14-19H2,1H3. The quantitative estimate of drug-likeness (QED) is 0.380. The number of para-hydroxylation sites is 3. The highest BCUT2D eigenvalue weighted by molar-refractivity contribution is 7.93. The van der Waals surface area contributed by atoms with E-state index >= 15 is 0 Å². The monoisotopic (exact) mass is 560 g/mol. The smallest absolute Gasteiger partial charge is 0.264 e. The molecule has 0 radical (unpaired) electrons. The predicted octanol–water partition coefficient (Wildman–Crippen LogP) is 3.78. The molecule has 1 amide bonds. The molecule has 0 unspecified atom stereocenters. The number of sulfonamides is 1. The summed E-state index contributed by atoms with van der Waals surface area (Å²) in [6.45, 7) is 2.78. The Labute approximate surface area is 232 Å². The normalized spacial score (nSPS) is 15.1. The summed E-state index contributed by atoms with van der Waals surface area (Å²) >= 11 is 0. The van der Waals surface area contributed by atoms with Crippen molar-refractivity contribution in [2.24, 2.45) is 0 Å². The van der Waals surface area contributed by atoms with Gasteiger partial charge < -0.3 is 24.0 Å². The number of rotatable bonds is 6. The molecule has 11 heteroatoms. The molecule has 3 aromatic carbocycles. The highest BCUT2D eigenvalue weighted by Crippen LogP contribution is 2.42. The molecular weight excluding hydrogens is 532 g/mol. The Morgan fingerprint density at radius 2 is 1.65 bits per heavy atom. The zero-order chi connectivity index (χ0) is 27.7. The third-order valence-electron chi connectivity index (χ3n) is 7.04. The summed E-state index contributed by atoms with van der Waals surface area (Å²) in [5.41, 5.74) is 1.88. The van der Waals surface area contributed by atoms with E-state index in [9.17, 15) is 13.2 Å². The van der Waals surface area contributed by atoms with Gasteiger partial charge in [0.15, 0.2) is 11.5 Å². The number of aromatic nitrogens is 1. The number of hydrogen-bond acceptors (Lipinski definition) is 8. The first-order valence-corrected chi connectivity index (χ1v) is 14.4. The molecule has 40 heavy (non-hydrogen) atoms. The third-order valence-corrected chi connectivity index (χ3v) is 8.44. The molecule has 1 aromatic heterocycles. The van der Waals surface area contributed by atoms with Gasteiger partial charge in [0.25, 0.3) is 15.9 Å². The summed E-state index contributed by atoms with van der Waals surface area (Å²) in [6.07, 6.45) is 1.55. The number of benzene rings is 3. The van der Waals surface area contributed by atoms with Crippen LogP contribution in [-0.4, -0.2) is 70.7 Å². The number of hydrogen-bond donors (Lipinski definition) is 1. The van der Waals surface area contributed by atoms with Gasteiger partial charge >= 0.3 is 0 Å². The van der Waals surface area contributed by atoms with Crippen molar-refractivity contribution in [2.75, 3.05) is 56.1 Å². The molecule has 6 rings (SSSR count). The van der Waals surface area contributed by atoms with E-state index in [1.54, 1.807) is 54.6 Å². The van der Waals surface area contributed by atoms with Crippen LogP contribution in [0.2, 0.25) is 0 Å². The van der Waals surface area contributed by atoms with Crippen LogP contribution in [-0.2, 0) is 10.0 Å². The second kappa shape index (κ2) is 10.6. The first kappa shape index (κ1) is 25.8. The average molecular weight is 561 g/mol. The SMILES string of the molecule is COc1ccccc1N1CCN(C(=O)c2ccc(NS(=O)(=O)c3cccc4cccnc34)c3c2OCCO3)CC1. The molecule has 0 aliphatic carbocycles. The summed E-state index contributed by atoms with van der Waals surface area (Å²) in [5.74, 6) is 1.02. The number of nitrogens with one attached hydrogen (secondary N) is 1. The highest BCUT2D eigenvalue weighted by Gasteiger charge is 2.31. The van der Waals surface area contributed by atoms with Crippen molar-refractivity contribution in [3.05, 3.63) is 78.5 Å². The van der Waals surface area contributed by atoms with Gasteiger partial charge in [-0.15, -0.1) is 0 Å². The van der Waals surface area contributed by atoms with Gasteiger partial charge in [0.2, 0.25) is 0 Å². The van der Waals surface area contributed by atoms with E-state index in [4.69, 9.17) is 14.2 Å². The van der Waals surface area contributed by atoms with E-state index in [0.717, 1.165) is 11.4 Å². The van der Waals surface area contributed by atoms with Gasteiger partial charge in [-0.2, -0.15) is 0 Å². The van der Waals surface area contributed by atoms with E-state index in [1.807, 2.05) is 24.3 Å². The molecule has 1 fully saturated rings. The number of ether oxygens (including phenoxy) is 3. The minimum Gasteiger partial charge on any atom is -0.495 e. The lowest BCUT2D eigenvalue weighted by atomic mass is 10.1. The third kappa shape index (κ3) is 4.73. The zero-order valence-electron chi connectivity index (χ0n) is 21.9. The van der Waals surface area contributed by atoms with Crippen molar-refractivity contribution in [1.82, 2.24) is 9.88 Å². The fourth-order valence-electron chi connectivity index (χ4n) is 5.09. The fraction of sp³-hybridized carbons (Fsp3) is 0.241. The molecule has 4 aromatic rings. The summed E-state index contributed by atoms with van der Waals surface area (Å²) in [5, 5.41) is 0.707. The van der Waals surface area contributed by atoms with Gasteiger partial charge in [-0.25, -0.2) is 8.42 Å². The second-order valence-electron chi connectivity index (χ2n) is 9.40. The topological polar surface area (TPSA) is 110 Å². The molecule has 3 heterocycles. The predicted molar refractivity (Wildman–Crippen MR) is 151 cm³/mol. The van der Waals surface area contributed by atoms with Crippen LogP contribution in [0, 0.1) is 0 Å². The van der Waals surface area contributed by atoms with Crippen LogP contribution in [0.3, 0.4) is 0 Å². The average Bonchev–Trinajstić information content (AvgIpc) is 3.00. The van der Waals surface area contributed by atoms with Crippen molar-refractivity contribution >= 4 is 38.2 Å². The van der Waals surface area contributed by atoms with E-state index in [2.05, 4.69) is 14.6 Å². The second-order valence-corrected chi connectivity index (χ2v) is 11.1. The molecule has 0 spiro atoms. The maximum absolute atomic E-state index is 13.6. The number of carbonyl (C=O) groups is 1. The van der Waals surface area contributed by atoms with Gasteiger partial charge in [-0.1, -0.05) is 30.3 Å². The molecule has 10 nitrogen and oxygen atoms in total. The lowest BCUT2D eigenvalue weighted by molar-refractivity contribution is 0.0736. The molecule has 0 atom stereocenters. The molecule has 206 valence electrons. The van der Waals surface area contributed by atoms with E-state index in [1.165, 1.54) is 6.07 Å². The maximum atomic E-state index is 13.6. The molecule has 0 saturated carbocycles. The van der Waals surface area contributed by atoms with Crippen LogP contribution < -0.4 is 23.8 Å². The maximum Gasteiger partial charge on any atom is 0.264 e. The van der Waals surface area contributed by atoms with Gasteiger partial charge in [0, 0.05) is 37.8 Å². The first-order valence-electron chi connectivity index (χ1n) is 12.9. The number of carbonyl (C=O) groups excluding carboxylic acids is 1. The van der Waals surface area contributed by atoms with Gasteiger partial charge in [-0.05, 0) is 36.4 Å². The molecule has 1 N–H and O–H groups in total. The van der Waals surface area contributed by atoms with E-state index in [-0.39, 0.29) is 41.2 Å². The molecule has 0 bridgehead atoms. The van der Waals surface area contributed by atoms with Crippen LogP contribution in [0.1, 0.15) is 10.4 Å². The van der Waals surface area contributed by atoms with Crippen molar-refractivity contribution < 1.29 is 27.4 Å². The molecular formula is C29H28N4O6S. The summed E-state index contributed by atoms with van der Waals surface area (Å²) < 4.78 is 46.7. The number of fused-ring (bicyclic) bond motifs is 2.